The number of amides is 1. The van der Waals surface area contributed by atoms with Gasteiger partial charge in [0.2, 0.25) is 5.91 Å². The van der Waals surface area contributed by atoms with Crippen LogP contribution >= 0.6 is 0 Å². The average molecular weight is 144 g/mol. The van der Waals surface area contributed by atoms with Gasteiger partial charge in [-0.1, -0.05) is 13.3 Å². The fraction of sp³-hybridized carbons (Fsp3) is 0.857. The molecule has 0 heterocycles. The molecule has 0 aromatic rings. The molecule has 10 heavy (non-hydrogen) atoms. The van der Waals surface area contributed by atoms with E-state index in [0.717, 1.165) is 19.4 Å². The van der Waals surface area contributed by atoms with E-state index >= 15 is 0 Å². The smallest absolute Gasteiger partial charge is 0.236 e. The summed E-state index contributed by atoms with van der Waals surface area (Å²) in [7, 11) is 0. The maximum Gasteiger partial charge on any atom is 0.236 e. The third kappa shape index (κ3) is 4.32. The van der Waals surface area contributed by atoms with Crippen LogP contribution in [0.25, 0.3) is 0 Å². The Morgan fingerprint density at radius 3 is 2.70 bits per heavy atom. The van der Waals surface area contributed by atoms with Crippen molar-refractivity contribution in [1.82, 2.24) is 5.32 Å². The molecule has 0 bridgehead atoms. The molecule has 3 nitrogen and oxygen atoms in total. The summed E-state index contributed by atoms with van der Waals surface area (Å²) in [6, 6.07) is -0.378. The van der Waals surface area contributed by atoms with Crippen LogP contribution in [-0.2, 0) is 4.79 Å². The molecule has 3 heteroatoms. The molecule has 0 aliphatic heterocycles. The summed E-state index contributed by atoms with van der Waals surface area (Å²) in [5, 5.41) is 2.72. The molecule has 0 saturated carbocycles. The van der Waals surface area contributed by atoms with E-state index in [-0.39, 0.29) is 11.9 Å². The molecule has 0 aromatic heterocycles. The number of hydrogen-bond donors (Lipinski definition) is 2. The molecule has 0 aromatic carbocycles. The molecule has 0 radical (unpaired) electrons. The quantitative estimate of drug-likeness (QED) is 0.556. The van der Waals surface area contributed by atoms with Crippen LogP contribution in [0.15, 0.2) is 0 Å². The zero-order valence-electron chi connectivity index (χ0n) is 6.68. The number of nitrogens with one attached hydrogen (secondary N) is 1. The molecular weight excluding hydrogens is 128 g/mol. The summed E-state index contributed by atoms with van der Waals surface area (Å²) >= 11 is 0. The van der Waals surface area contributed by atoms with Crippen LogP contribution in [0.5, 0.6) is 0 Å². The molecular formula is C7H16N2O. The van der Waals surface area contributed by atoms with Crippen molar-refractivity contribution in [2.24, 2.45) is 5.73 Å². The topological polar surface area (TPSA) is 55.1 Å². The van der Waals surface area contributed by atoms with Gasteiger partial charge in [0, 0.05) is 6.54 Å². The lowest BCUT2D eigenvalue weighted by Gasteiger charge is -2.05. The minimum atomic E-state index is -0.378. The van der Waals surface area contributed by atoms with E-state index in [0.29, 0.717) is 0 Å². The Morgan fingerprint density at radius 2 is 2.30 bits per heavy atom. The predicted octanol–water partition coefficient (Wildman–Crippen LogP) is 0.250. The highest BCUT2D eigenvalue weighted by molar-refractivity contribution is 5.80. The van der Waals surface area contributed by atoms with E-state index in [1.54, 1.807) is 6.92 Å². The number of nitrogens with two attached hydrogens (primary N) is 1. The fourth-order valence-corrected chi connectivity index (χ4v) is 0.549. The van der Waals surface area contributed by atoms with Gasteiger partial charge in [-0.2, -0.15) is 0 Å². The van der Waals surface area contributed by atoms with E-state index in [2.05, 4.69) is 12.2 Å². The average Bonchev–Trinajstić information content (AvgIpc) is 1.88. The Morgan fingerprint density at radius 1 is 1.70 bits per heavy atom. The Labute approximate surface area is 62.0 Å². The highest BCUT2D eigenvalue weighted by Crippen LogP contribution is 1.83. The van der Waals surface area contributed by atoms with Crippen LogP contribution in [-0.4, -0.2) is 18.5 Å². The van der Waals surface area contributed by atoms with Gasteiger partial charge in [-0.15, -0.1) is 0 Å². The summed E-state index contributed by atoms with van der Waals surface area (Å²) in [4.78, 5) is 10.8. The van der Waals surface area contributed by atoms with Crippen molar-refractivity contribution in [3.63, 3.8) is 0 Å². The maximum atomic E-state index is 10.8. The number of carbonyl (C=O) groups is 1. The second-order valence-corrected chi connectivity index (χ2v) is 2.43. The van der Waals surface area contributed by atoms with Crippen molar-refractivity contribution >= 4 is 5.91 Å². The summed E-state index contributed by atoms with van der Waals surface area (Å²) in [5.41, 5.74) is 5.31. The lowest BCUT2D eigenvalue weighted by Crippen LogP contribution is -2.38. The number of carbonyl (C=O) groups excluding carboxylic acids is 1. The van der Waals surface area contributed by atoms with Crippen LogP contribution in [0.2, 0.25) is 0 Å². The highest BCUT2D eigenvalue weighted by Gasteiger charge is 2.03. The van der Waals surface area contributed by atoms with Gasteiger partial charge in [-0.25, -0.2) is 0 Å². The molecule has 1 atom stereocenters. The van der Waals surface area contributed by atoms with E-state index in [1.165, 1.54) is 0 Å². The normalized spacial score (nSPS) is 12.7. The zero-order valence-corrected chi connectivity index (χ0v) is 6.68. The molecule has 0 rings (SSSR count). The Hall–Kier alpha value is -0.570. The molecule has 1 amide bonds. The van der Waals surface area contributed by atoms with Gasteiger partial charge in [0.1, 0.15) is 0 Å². The lowest BCUT2D eigenvalue weighted by atomic mass is 10.3. The summed E-state index contributed by atoms with van der Waals surface area (Å²) < 4.78 is 0. The monoisotopic (exact) mass is 144 g/mol. The van der Waals surface area contributed by atoms with E-state index < -0.39 is 0 Å². The first-order valence-corrected chi connectivity index (χ1v) is 3.71. The number of rotatable bonds is 4. The van der Waals surface area contributed by atoms with Crippen LogP contribution in [0.3, 0.4) is 0 Å². The minimum Gasteiger partial charge on any atom is -0.355 e. The van der Waals surface area contributed by atoms with Crippen LogP contribution in [0.1, 0.15) is 26.7 Å². The van der Waals surface area contributed by atoms with E-state index in [1.807, 2.05) is 0 Å². The van der Waals surface area contributed by atoms with Gasteiger partial charge < -0.3 is 11.1 Å². The molecule has 0 aliphatic carbocycles. The highest BCUT2D eigenvalue weighted by atomic mass is 16.2. The van der Waals surface area contributed by atoms with Gasteiger partial charge >= 0.3 is 0 Å². The van der Waals surface area contributed by atoms with Gasteiger partial charge in [0.05, 0.1) is 6.04 Å². The SMILES string of the molecule is CCCCNC(=O)C(C)N. The first-order chi connectivity index (χ1) is 4.68. The molecule has 0 fully saturated rings. The van der Waals surface area contributed by atoms with Crippen LogP contribution < -0.4 is 11.1 Å². The third-order valence-corrected chi connectivity index (χ3v) is 1.24. The predicted molar refractivity (Wildman–Crippen MR) is 41.6 cm³/mol. The first-order valence-electron chi connectivity index (χ1n) is 3.71. The number of hydrogen-bond acceptors (Lipinski definition) is 2. The second kappa shape index (κ2) is 5.23. The first kappa shape index (κ1) is 9.43. The largest absolute Gasteiger partial charge is 0.355 e. The zero-order chi connectivity index (χ0) is 7.98. The van der Waals surface area contributed by atoms with Gasteiger partial charge in [0.15, 0.2) is 0 Å². The third-order valence-electron chi connectivity index (χ3n) is 1.24. The van der Waals surface area contributed by atoms with Crippen LogP contribution in [0, 0.1) is 0 Å². The fourth-order valence-electron chi connectivity index (χ4n) is 0.549. The van der Waals surface area contributed by atoms with Crippen LogP contribution in [0.4, 0.5) is 0 Å². The lowest BCUT2D eigenvalue weighted by molar-refractivity contribution is -0.121. The van der Waals surface area contributed by atoms with E-state index in [9.17, 15) is 4.79 Å². The molecule has 60 valence electrons. The van der Waals surface area contributed by atoms with Crippen molar-refractivity contribution in [2.75, 3.05) is 6.54 Å². The number of unbranched alkanes of at least 4 members (excludes halogenated alkanes) is 1. The summed E-state index contributed by atoms with van der Waals surface area (Å²) in [6.45, 7) is 4.51. The van der Waals surface area contributed by atoms with Crippen molar-refractivity contribution < 1.29 is 4.79 Å². The maximum absolute atomic E-state index is 10.8. The molecule has 0 saturated heterocycles. The van der Waals surface area contributed by atoms with Gasteiger partial charge in [0.25, 0.3) is 0 Å². The molecule has 3 N–H and O–H groups in total. The molecule has 1 unspecified atom stereocenters. The molecule has 0 aliphatic rings. The Balaban J connectivity index is 3.22. The van der Waals surface area contributed by atoms with Crippen molar-refractivity contribution in [2.45, 2.75) is 32.7 Å². The minimum absolute atomic E-state index is 0.0616. The van der Waals surface area contributed by atoms with Gasteiger partial charge in [-0.3, -0.25) is 4.79 Å². The Kier molecular flexibility index (Phi) is 4.94. The van der Waals surface area contributed by atoms with Gasteiger partial charge in [-0.05, 0) is 13.3 Å². The summed E-state index contributed by atoms with van der Waals surface area (Å²) in [6.07, 6.45) is 2.12. The van der Waals surface area contributed by atoms with Crippen molar-refractivity contribution in [1.29, 1.82) is 0 Å². The summed E-state index contributed by atoms with van der Waals surface area (Å²) in [5.74, 6) is -0.0616. The second-order valence-electron chi connectivity index (χ2n) is 2.43. The standard InChI is InChI=1S/C7H16N2O/c1-3-4-5-9-7(10)6(2)8/h6H,3-5,8H2,1-2H3,(H,9,10). The Bertz CT molecular complexity index is 102. The van der Waals surface area contributed by atoms with Crippen molar-refractivity contribution in [3.05, 3.63) is 0 Å². The van der Waals surface area contributed by atoms with E-state index in [4.69, 9.17) is 5.73 Å². The van der Waals surface area contributed by atoms with Crippen molar-refractivity contribution in [3.8, 4) is 0 Å². The molecule has 0 spiro atoms.